The summed E-state index contributed by atoms with van der Waals surface area (Å²) in [6, 6.07) is 5.77. The molecule has 0 aromatic heterocycles. The molecule has 0 unspecified atom stereocenters. The van der Waals surface area contributed by atoms with Crippen molar-refractivity contribution in [3.05, 3.63) is 33.8 Å². The molecule has 2 nitrogen and oxygen atoms in total. The Morgan fingerprint density at radius 2 is 1.89 bits per heavy atom. The Labute approximate surface area is 120 Å². The van der Waals surface area contributed by atoms with E-state index in [1.807, 2.05) is 18.2 Å². The molecule has 0 bridgehead atoms. The summed E-state index contributed by atoms with van der Waals surface area (Å²) < 4.78 is 0. The van der Waals surface area contributed by atoms with Gasteiger partial charge in [0.15, 0.2) is 0 Å². The van der Waals surface area contributed by atoms with Crippen molar-refractivity contribution in [3.63, 3.8) is 0 Å². The van der Waals surface area contributed by atoms with Crippen LogP contribution >= 0.6 is 23.2 Å². The van der Waals surface area contributed by atoms with E-state index in [9.17, 15) is 0 Å². The van der Waals surface area contributed by atoms with E-state index in [1.54, 1.807) is 0 Å². The van der Waals surface area contributed by atoms with E-state index >= 15 is 0 Å². The predicted octanol–water partition coefficient (Wildman–Crippen LogP) is 3.81. The van der Waals surface area contributed by atoms with E-state index in [1.165, 1.54) is 18.5 Å². The highest BCUT2D eigenvalue weighted by molar-refractivity contribution is 6.42. The van der Waals surface area contributed by atoms with E-state index in [2.05, 4.69) is 24.1 Å². The van der Waals surface area contributed by atoms with Crippen molar-refractivity contribution in [2.45, 2.75) is 26.8 Å². The first-order valence-electron chi connectivity index (χ1n) is 6.54. The fraction of sp³-hybridized carbons (Fsp3) is 0.571. The van der Waals surface area contributed by atoms with Crippen LogP contribution in [0.2, 0.25) is 10.0 Å². The number of nitrogens with one attached hydrogen (secondary N) is 1. The average Bonchev–Trinajstić information content (AvgIpc) is 2.37. The zero-order valence-corrected chi connectivity index (χ0v) is 12.7. The molecule has 4 heteroatoms. The third kappa shape index (κ3) is 5.57. The van der Waals surface area contributed by atoms with Crippen LogP contribution in [0.3, 0.4) is 0 Å². The number of hydrogen-bond donors (Lipinski definition) is 1. The Kier molecular flexibility index (Phi) is 7.68. The maximum Gasteiger partial charge on any atom is 0.0595 e. The maximum absolute atomic E-state index is 5.97. The summed E-state index contributed by atoms with van der Waals surface area (Å²) in [6.07, 6.45) is 1.21. The number of halogens is 2. The van der Waals surface area contributed by atoms with Gasteiger partial charge in [0.1, 0.15) is 0 Å². The molecule has 0 saturated heterocycles. The quantitative estimate of drug-likeness (QED) is 0.732. The monoisotopic (exact) mass is 288 g/mol. The second kappa shape index (κ2) is 8.76. The number of rotatable bonds is 8. The lowest BCUT2D eigenvalue weighted by Crippen LogP contribution is -2.32. The summed E-state index contributed by atoms with van der Waals surface area (Å²) in [5.41, 5.74) is 1.17. The van der Waals surface area contributed by atoms with Gasteiger partial charge in [0, 0.05) is 19.6 Å². The zero-order chi connectivity index (χ0) is 13.4. The van der Waals surface area contributed by atoms with Crippen molar-refractivity contribution >= 4 is 23.2 Å². The summed E-state index contributed by atoms with van der Waals surface area (Å²) in [4.78, 5) is 2.45. The van der Waals surface area contributed by atoms with Crippen molar-refractivity contribution in [2.75, 3.05) is 26.2 Å². The second-order valence-electron chi connectivity index (χ2n) is 4.36. The molecule has 18 heavy (non-hydrogen) atoms. The molecule has 1 aromatic rings. The predicted molar refractivity (Wildman–Crippen MR) is 80.6 cm³/mol. The van der Waals surface area contributed by atoms with E-state index < -0.39 is 0 Å². The van der Waals surface area contributed by atoms with Crippen LogP contribution in [0.4, 0.5) is 0 Å². The van der Waals surface area contributed by atoms with E-state index in [0.29, 0.717) is 10.0 Å². The first-order chi connectivity index (χ1) is 8.67. The summed E-state index contributed by atoms with van der Waals surface area (Å²) in [6.45, 7) is 9.62. The molecule has 1 rings (SSSR count). The summed E-state index contributed by atoms with van der Waals surface area (Å²) in [5.74, 6) is 0. The van der Waals surface area contributed by atoms with Gasteiger partial charge in [0.2, 0.25) is 0 Å². The molecule has 0 heterocycles. The van der Waals surface area contributed by atoms with Crippen LogP contribution in [-0.4, -0.2) is 31.1 Å². The van der Waals surface area contributed by atoms with Gasteiger partial charge in [-0.3, -0.25) is 0 Å². The third-order valence-corrected chi connectivity index (χ3v) is 3.64. The van der Waals surface area contributed by atoms with Gasteiger partial charge in [-0.05, 0) is 37.2 Å². The Balaban J connectivity index is 2.26. The standard InChI is InChI=1S/C14H22Cl2N2/c1-3-8-18(4-2)9-7-17-11-12-5-6-13(15)14(16)10-12/h5-6,10,17H,3-4,7-9,11H2,1-2H3. The van der Waals surface area contributed by atoms with Crippen LogP contribution in [0.1, 0.15) is 25.8 Å². The van der Waals surface area contributed by atoms with E-state index in [4.69, 9.17) is 23.2 Å². The summed E-state index contributed by atoms with van der Waals surface area (Å²) in [7, 11) is 0. The number of benzene rings is 1. The topological polar surface area (TPSA) is 15.3 Å². The maximum atomic E-state index is 5.97. The van der Waals surface area contributed by atoms with Gasteiger partial charge in [-0.2, -0.15) is 0 Å². The molecule has 0 aliphatic carbocycles. The molecular formula is C14H22Cl2N2. The number of nitrogens with zero attached hydrogens (tertiary/aromatic N) is 1. The third-order valence-electron chi connectivity index (χ3n) is 2.90. The van der Waals surface area contributed by atoms with Crippen molar-refractivity contribution in [1.29, 1.82) is 0 Å². The minimum Gasteiger partial charge on any atom is -0.311 e. The number of likely N-dealkylation sites (N-methyl/N-ethyl adjacent to an activating group) is 1. The van der Waals surface area contributed by atoms with E-state index in [-0.39, 0.29) is 0 Å². The highest BCUT2D eigenvalue weighted by Crippen LogP contribution is 2.22. The van der Waals surface area contributed by atoms with Gasteiger partial charge in [-0.25, -0.2) is 0 Å². The molecule has 102 valence electrons. The fourth-order valence-electron chi connectivity index (χ4n) is 1.86. The van der Waals surface area contributed by atoms with Crippen molar-refractivity contribution < 1.29 is 0 Å². The van der Waals surface area contributed by atoms with Crippen LogP contribution in [0.25, 0.3) is 0 Å². The molecule has 0 saturated carbocycles. The molecule has 0 aliphatic rings. The van der Waals surface area contributed by atoms with Gasteiger partial charge in [0.05, 0.1) is 10.0 Å². The largest absolute Gasteiger partial charge is 0.311 e. The van der Waals surface area contributed by atoms with Crippen LogP contribution < -0.4 is 5.32 Å². The molecule has 0 atom stereocenters. The van der Waals surface area contributed by atoms with Crippen molar-refractivity contribution in [2.24, 2.45) is 0 Å². The SMILES string of the molecule is CCCN(CC)CCNCc1ccc(Cl)c(Cl)c1. The van der Waals surface area contributed by atoms with Crippen LogP contribution in [0.5, 0.6) is 0 Å². The average molecular weight is 289 g/mol. The fourth-order valence-corrected chi connectivity index (χ4v) is 2.18. The molecule has 0 amide bonds. The smallest absolute Gasteiger partial charge is 0.0595 e. The first-order valence-corrected chi connectivity index (χ1v) is 7.30. The molecular weight excluding hydrogens is 267 g/mol. The molecule has 1 N–H and O–H groups in total. The Bertz CT molecular complexity index is 356. The molecule has 0 aliphatic heterocycles. The Morgan fingerprint density at radius 1 is 1.11 bits per heavy atom. The van der Waals surface area contributed by atoms with Crippen LogP contribution in [0.15, 0.2) is 18.2 Å². The van der Waals surface area contributed by atoms with Gasteiger partial charge >= 0.3 is 0 Å². The van der Waals surface area contributed by atoms with Gasteiger partial charge in [-0.1, -0.05) is 43.1 Å². The lowest BCUT2D eigenvalue weighted by atomic mass is 10.2. The summed E-state index contributed by atoms with van der Waals surface area (Å²) >= 11 is 11.9. The molecule has 0 radical (unpaired) electrons. The van der Waals surface area contributed by atoms with Crippen LogP contribution in [0, 0.1) is 0 Å². The van der Waals surface area contributed by atoms with Gasteiger partial charge in [-0.15, -0.1) is 0 Å². The highest BCUT2D eigenvalue weighted by atomic mass is 35.5. The van der Waals surface area contributed by atoms with Gasteiger partial charge in [0.25, 0.3) is 0 Å². The Hall–Kier alpha value is -0.280. The lowest BCUT2D eigenvalue weighted by Gasteiger charge is -2.19. The van der Waals surface area contributed by atoms with Crippen molar-refractivity contribution in [1.82, 2.24) is 10.2 Å². The Morgan fingerprint density at radius 3 is 2.50 bits per heavy atom. The normalized spacial score (nSPS) is 11.2. The first kappa shape index (κ1) is 15.8. The zero-order valence-electron chi connectivity index (χ0n) is 11.2. The second-order valence-corrected chi connectivity index (χ2v) is 5.17. The number of hydrogen-bond acceptors (Lipinski definition) is 2. The van der Waals surface area contributed by atoms with E-state index in [0.717, 1.165) is 26.2 Å². The summed E-state index contributed by atoms with van der Waals surface area (Å²) in [5, 5.41) is 4.66. The van der Waals surface area contributed by atoms with Gasteiger partial charge < -0.3 is 10.2 Å². The highest BCUT2D eigenvalue weighted by Gasteiger charge is 2.01. The molecule has 0 fully saturated rings. The minimum atomic E-state index is 0.612. The molecule has 0 spiro atoms. The lowest BCUT2D eigenvalue weighted by molar-refractivity contribution is 0.287. The van der Waals surface area contributed by atoms with Crippen LogP contribution in [-0.2, 0) is 6.54 Å². The minimum absolute atomic E-state index is 0.612. The van der Waals surface area contributed by atoms with Crippen molar-refractivity contribution in [3.8, 4) is 0 Å². The molecule has 1 aromatic carbocycles.